The van der Waals surface area contributed by atoms with Gasteiger partial charge >= 0.3 is 0 Å². The molecule has 1 aromatic heterocycles. The van der Waals surface area contributed by atoms with Crippen molar-refractivity contribution in [3.63, 3.8) is 0 Å². The van der Waals surface area contributed by atoms with Gasteiger partial charge in [-0.2, -0.15) is 4.31 Å². The number of hydrogen-bond acceptors (Lipinski definition) is 7. The van der Waals surface area contributed by atoms with Crippen LogP contribution in [0.1, 0.15) is 25.7 Å². The number of nitrogens with zero attached hydrogens (tertiary/aromatic N) is 3. The summed E-state index contributed by atoms with van der Waals surface area (Å²) in [4.78, 5) is 8.46. The van der Waals surface area contributed by atoms with Crippen LogP contribution in [0, 0.1) is 0 Å². The van der Waals surface area contributed by atoms with Crippen molar-refractivity contribution < 1.29 is 22.6 Å². The zero-order valence-corrected chi connectivity index (χ0v) is 17.2. The Bertz CT molecular complexity index is 930. The maximum atomic E-state index is 13.0. The molecule has 156 valence electrons. The fraction of sp³-hybridized carbons (Fsp3) is 0.500. The first-order valence-corrected chi connectivity index (χ1v) is 11.2. The molecule has 1 atom stereocenters. The normalized spacial score (nSPS) is 22.3. The molecule has 3 heterocycles. The summed E-state index contributed by atoms with van der Waals surface area (Å²) in [6.45, 7) is 1.42. The van der Waals surface area contributed by atoms with E-state index in [2.05, 4.69) is 9.97 Å². The lowest BCUT2D eigenvalue weighted by Crippen LogP contribution is -2.52. The number of methoxy groups -OCH3 is 1. The summed E-state index contributed by atoms with van der Waals surface area (Å²) in [5.74, 6) is 1.03. The summed E-state index contributed by atoms with van der Waals surface area (Å²) in [6, 6.07) is 6.58. The average molecular weight is 420 g/mol. The SMILES string of the molecule is COc1cccc(S(=O)(=O)N2CCC3(CC2)CC(Oc2cnccn2)CCO3)c1. The predicted molar refractivity (Wildman–Crippen MR) is 105 cm³/mol. The molecule has 8 nitrogen and oxygen atoms in total. The standard InChI is InChI=1S/C20H25N3O5S/c1-26-16-3-2-4-18(13-16)29(24,25)23-10-6-20(7-11-23)14-17(5-12-27-20)28-19-15-21-8-9-22-19/h2-4,8-9,13,15,17H,5-7,10-12,14H2,1H3. The first kappa shape index (κ1) is 20.1. The van der Waals surface area contributed by atoms with E-state index >= 15 is 0 Å². The molecule has 2 aliphatic heterocycles. The molecule has 2 aliphatic rings. The topological polar surface area (TPSA) is 90.9 Å². The van der Waals surface area contributed by atoms with Crippen LogP contribution in [0.5, 0.6) is 11.6 Å². The molecule has 1 unspecified atom stereocenters. The van der Waals surface area contributed by atoms with Crippen LogP contribution in [0.2, 0.25) is 0 Å². The van der Waals surface area contributed by atoms with Gasteiger partial charge in [0.25, 0.3) is 0 Å². The average Bonchev–Trinajstić information content (AvgIpc) is 2.75. The Morgan fingerprint density at radius 2 is 2.07 bits per heavy atom. The van der Waals surface area contributed by atoms with Crippen molar-refractivity contribution in [1.82, 2.24) is 14.3 Å². The highest BCUT2D eigenvalue weighted by Gasteiger charge is 2.43. The molecule has 4 rings (SSSR count). The number of aromatic nitrogens is 2. The van der Waals surface area contributed by atoms with Crippen LogP contribution in [0.25, 0.3) is 0 Å². The van der Waals surface area contributed by atoms with E-state index in [0.29, 0.717) is 44.2 Å². The van der Waals surface area contributed by atoms with E-state index in [9.17, 15) is 8.42 Å². The molecule has 29 heavy (non-hydrogen) atoms. The maximum absolute atomic E-state index is 13.0. The van der Waals surface area contributed by atoms with Gasteiger partial charge in [0, 0.05) is 44.4 Å². The number of piperidine rings is 1. The molecule has 2 fully saturated rings. The summed E-state index contributed by atoms with van der Waals surface area (Å²) in [7, 11) is -2.04. The second kappa shape index (κ2) is 8.25. The Hall–Kier alpha value is -2.23. The summed E-state index contributed by atoms with van der Waals surface area (Å²) < 4.78 is 44.8. The van der Waals surface area contributed by atoms with Gasteiger partial charge < -0.3 is 14.2 Å². The number of ether oxygens (including phenoxy) is 3. The van der Waals surface area contributed by atoms with Gasteiger partial charge in [0.15, 0.2) is 0 Å². The predicted octanol–water partition coefficient (Wildman–Crippen LogP) is 2.27. The lowest BCUT2D eigenvalue weighted by molar-refractivity contribution is -0.133. The van der Waals surface area contributed by atoms with Crippen LogP contribution in [-0.2, 0) is 14.8 Å². The Morgan fingerprint density at radius 3 is 2.79 bits per heavy atom. The Kier molecular flexibility index (Phi) is 5.71. The van der Waals surface area contributed by atoms with E-state index in [4.69, 9.17) is 14.2 Å². The molecule has 1 aromatic carbocycles. The number of benzene rings is 1. The molecule has 0 aliphatic carbocycles. The molecule has 9 heteroatoms. The highest BCUT2D eigenvalue weighted by Crippen LogP contribution is 2.37. The largest absolute Gasteiger partial charge is 0.497 e. The molecule has 0 radical (unpaired) electrons. The molecule has 0 bridgehead atoms. The van der Waals surface area contributed by atoms with Crippen LogP contribution < -0.4 is 9.47 Å². The highest BCUT2D eigenvalue weighted by molar-refractivity contribution is 7.89. The molecular formula is C20H25N3O5S. The van der Waals surface area contributed by atoms with Crippen LogP contribution in [0.4, 0.5) is 0 Å². The van der Waals surface area contributed by atoms with Gasteiger partial charge in [-0.1, -0.05) is 6.07 Å². The minimum atomic E-state index is -3.56. The van der Waals surface area contributed by atoms with E-state index in [1.54, 1.807) is 42.9 Å². The van der Waals surface area contributed by atoms with E-state index in [-0.39, 0.29) is 16.6 Å². The van der Waals surface area contributed by atoms with Gasteiger partial charge in [-0.3, -0.25) is 4.98 Å². The number of sulfonamides is 1. The smallest absolute Gasteiger partial charge is 0.243 e. The minimum absolute atomic E-state index is 0.0120. The summed E-state index contributed by atoms with van der Waals surface area (Å²) >= 11 is 0. The van der Waals surface area contributed by atoms with Crippen molar-refractivity contribution >= 4 is 10.0 Å². The van der Waals surface area contributed by atoms with Gasteiger partial charge in [-0.05, 0) is 25.0 Å². The molecule has 0 saturated carbocycles. The van der Waals surface area contributed by atoms with Crippen molar-refractivity contribution in [1.29, 1.82) is 0 Å². The molecule has 2 saturated heterocycles. The van der Waals surface area contributed by atoms with Crippen molar-refractivity contribution in [2.75, 3.05) is 26.8 Å². The molecule has 1 spiro atoms. The van der Waals surface area contributed by atoms with Gasteiger partial charge in [-0.25, -0.2) is 13.4 Å². The zero-order chi connectivity index (χ0) is 20.3. The molecule has 2 aromatic rings. The van der Waals surface area contributed by atoms with Gasteiger partial charge in [-0.15, -0.1) is 0 Å². The molecule has 0 N–H and O–H groups in total. The second-order valence-electron chi connectivity index (χ2n) is 7.39. The Labute approximate surface area is 170 Å². The van der Waals surface area contributed by atoms with Gasteiger partial charge in [0.05, 0.1) is 30.4 Å². The minimum Gasteiger partial charge on any atom is -0.497 e. The summed E-state index contributed by atoms with van der Waals surface area (Å²) in [5, 5.41) is 0. The van der Waals surface area contributed by atoms with Crippen LogP contribution >= 0.6 is 0 Å². The maximum Gasteiger partial charge on any atom is 0.243 e. The third kappa shape index (κ3) is 4.36. The van der Waals surface area contributed by atoms with Gasteiger partial charge in [0.2, 0.25) is 15.9 Å². The first-order chi connectivity index (χ1) is 14.0. The van der Waals surface area contributed by atoms with E-state index in [1.807, 2.05) is 0 Å². The third-order valence-corrected chi connectivity index (χ3v) is 7.48. The van der Waals surface area contributed by atoms with Crippen molar-refractivity contribution in [2.24, 2.45) is 0 Å². The fourth-order valence-corrected chi connectivity index (χ4v) is 5.47. The molecule has 0 amide bonds. The number of hydrogen-bond donors (Lipinski definition) is 0. The molecular weight excluding hydrogens is 394 g/mol. The van der Waals surface area contributed by atoms with E-state index in [1.165, 1.54) is 11.4 Å². The van der Waals surface area contributed by atoms with Crippen LogP contribution in [0.15, 0.2) is 47.8 Å². The third-order valence-electron chi connectivity index (χ3n) is 5.59. The summed E-state index contributed by atoms with van der Waals surface area (Å²) in [6.07, 6.45) is 7.57. The first-order valence-electron chi connectivity index (χ1n) is 9.72. The quantitative estimate of drug-likeness (QED) is 0.734. The Balaban J connectivity index is 1.41. The highest BCUT2D eigenvalue weighted by atomic mass is 32.2. The lowest BCUT2D eigenvalue weighted by Gasteiger charge is -2.45. The second-order valence-corrected chi connectivity index (χ2v) is 9.33. The van der Waals surface area contributed by atoms with Crippen molar-refractivity contribution in [2.45, 2.75) is 42.3 Å². The zero-order valence-electron chi connectivity index (χ0n) is 16.4. The monoisotopic (exact) mass is 419 g/mol. The Morgan fingerprint density at radius 1 is 1.24 bits per heavy atom. The van der Waals surface area contributed by atoms with E-state index in [0.717, 1.165) is 12.8 Å². The lowest BCUT2D eigenvalue weighted by atomic mass is 9.84. The van der Waals surface area contributed by atoms with Crippen molar-refractivity contribution in [3.8, 4) is 11.6 Å². The van der Waals surface area contributed by atoms with Crippen LogP contribution in [0.3, 0.4) is 0 Å². The fourth-order valence-electron chi connectivity index (χ4n) is 3.99. The van der Waals surface area contributed by atoms with Crippen molar-refractivity contribution in [3.05, 3.63) is 42.9 Å². The number of rotatable bonds is 5. The summed E-state index contributed by atoms with van der Waals surface area (Å²) in [5.41, 5.74) is -0.356. The van der Waals surface area contributed by atoms with Crippen LogP contribution in [-0.4, -0.2) is 61.2 Å². The van der Waals surface area contributed by atoms with E-state index < -0.39 is 10.0 Å². The van der Waals surface area contributed by atoms with Gasteiger partial charge in [0.1, 0.15) is 11.9 Å².